The summed E-state index contributed by atoms with van der Waals surface area (Å²) < 4.78 is 42.3. The standard InChI is InChI=1S/C11H9F3O3/c12-11(13,14)7-1-2-8-6(3-10(15)16)5-17-9(8)4-7/h1-2,4,6H,3,5H2,(H,15,16). The van der Waals surface area contributed by atoms with E-state index in [4.69, 9.17) is 9.84 Å². The molecule has 1 aromatic carbocycles. The summed E-state index contributed by atoms with van der Waals surface area (Å²) in [5.41, 5.74) is -0.257. The quantitative estimate of drug-likeness (QED) is 0.872. The molecule has 0 saturated carbocycles. The van der Waals surface area contributed by atoms with Crippen LogP contribution < -0.4 is 4.74 Å². The van der Waals surface area contributed by atoms with Gasteiger partial charge in [0.1, 0.15) is 5.75 Å². The largest absolute Gasteiger partial charge is 0.493 e. The molecule has 0 amide bonds. The molecule has 0 aliphatic carbocycles. The van der Waals surface area contributed by atoms with Crippen LogP contribution in [0.3, 0.4) is 0 Å². The topological polar surface area (TPSA) is 46.5 Å². The number of carboxylic acids is 1. The fraction of sp³-hybridized carbons (Fsp3) is 0.364. The molecule has 0 saturated heterocycles. The van der Waals surface area contributed by atoms with E-state index in [2.05, 4.69) is 0 Å². The van der Waals surface area contributed by atoms with Gasteiger partial charge in [0.25, 0.3) is 0 Å². The van der Waals surface area contributed by atoms with Crippen molar-refractivity contribution < 1.29 is 27.8 Å². The molecule has 2 rings (SSSR count). The molecule has 1 N–H and O–H groups in total. The zero-order chi connectivity index (χ0) is 12.6. The predicted molar refractivity (Wildman–Crippen MR) is 51.9 cm³/mol. The third-order valence-corrected chi connectivity index (χ3v) is 2.64. The van der Waals surface area contributed by atoms with Crippen molar-refractivity contribution in [3.05, 3.63) is 29.3 Å². The Kier molecular flexibility index (Phi) is 2.73. The second-order valence-electron chi connectivity index (χ2n) is 3.86. The molecule has 0 radical (unpaired) electrons. The van der Waals surface area contributed by atoms with Crippen molar-refractivity contribution in [2.75, 3.05) is 6.61 Å². The SMILES string of the molecule is O=C(O)CC1COc2cc(C(F)(F)F)ccc21. The molecule has 1 heterocycles. The van der Waals surface area contributed by atoms with Crippen molar-refractivity contribution >= 4 is 5.97 Å². The summed E-state index contributed by atoms with van der Waals surface area (Å²) >= 11 is 0. The Morgan fingerprint density at radius 2 is 2.18 bits per heavy atom. The van der Waals surface area contributed by atoms with Crippen LogP contribution in [0.25, 0.3) is 0 Å². The first-order valence-corrected chi connectivity index (χ1v) is 4.93. The maximum atomic E-state index is 12.4. The fourth-order valence-electron chi connectivity index (χ4n) is 1.83. The van der Waals surface area contributed by atoms with E-state index in [-0.39, 0.29) is 24.7 Å². The second-order valence-corrected chi connectivity index (χ2v) is 3.86. The molecule has 0 fully saturated rings. The van der Waals surface area contributed by atoms with Crippen LogP contribution in [0.2, 0.25) is 0 Å². The lowest BCUT2D eigenvalue weighted by Crippen LogP contribution is -2.07. The van der Waals surface area contributed by atoms with Gasteiger partial charge < -0.3 is 9.84 Å². The first-order chi connectivity index (χ1) is 7.88. The third kappa shape index (κ3) is 2.35. The maximum Gasteiger partial charge on any atom is 0.416 e. The number of alkyl halides is 3. The van der Waals surface area contributed by atoms with Gasteiger partial charge in [-0.15, -0.1) is 0 Å². The minimum Gasteiger partial charge on any atom is -0.493 e. The van der Waals surface area contributed by atoms with Gasteiger partial charge in [-0.05, 0) is 12.1 Å². The highest BCUT2D eigenvalue weighted by Crippen LogP contribution is 2.40. The summed E-state index contributed by atoms with van der Waals surface area (Å²) in [5, 5.41) is 8.65. The van der Waals surface area contributed by atoms with Crippen LogP contribution in [0.15, 0.2) is 18.2 Å². The van der Waals surface area contributed by atoms with E-state index >= 15 is 0 Å². The zero-order valence-corrected chi connectivity index (χ0v) is 8.62. The smallest absolute Gasteiger partial charge is 0.416 e. The summed E-state index contributed by atoms with van der Waals surface area (Å²) in [4.78, 5) is 10.6. The van der Waals surface area contributed by atoms with E-state index in [1.165, 1.54) is 6.07 Å². The minimum absolute atomic E-state index is 0.114. The molecule has 3 nitrogen and oxygen atoms in total. The van der Waals surface area contributed by atoms with E-state index in [1.807, 2.05) is 0 Å². The Hall–Kier alpha value is -1.72. The Morgan fingerprint density at radius 1 is 1.47 bits per heavy atom. The zero-order valence-electron chi connectivity index (χ0n) is 8.62. The summed E-state index contributed by atoms with van der Waals surface area (Å²) in [6.07, 6.45) is -4.55. The number of carboxylic acid groups (broad SMARTS) is 1. The van der Waals surface area contributed by atoms with E-state index in [0.29, 0.717) is 5.56 Å². The molecule has 17 heavy (non-hydrogen) atoms. The van der Waals surface area contributed by atoms with Crippen LogP contribution >= 0.6 is 0 Å². The lowest BCUT2D eigenvalue weighted by Gasteiger charge is -2.09. The van der Waals surface area contributed by atoms with Crippen molar-refractivity contribution in [1.82, 2.24) is 0 Å². The number of aliphatic carboxylic acids is 1. The van der Waals surface area contributed by atoms with Crippen molar-refractivity contribution in [1.29, 1.82) is 0 Å². The maximum absolute atomic E-state index is 12.4. The Morgan fingerprint density at radius 3 is 2.76 bits per heavy atom. The predicted octanol–water partition coefficient (Wildman–Crippen LogP) is 2.66. The Bertz CT molecular complexity index is 454. The molecule has 92 valence electrons. The fourth-order valence-corrected chi connectivity index (χ4v) is 1.83. The first-order valence-electron chi connectivity index (χ1n) is 4.93. The molecule has 0 bridgehead atoms. The molecular weight excluding hydrogens is 237 g/mol. The van der Waals surface area contributed by atoms with Crippen LogP contribution in [-0.2, 0) is 11.0 Å². The molecule has 1 aliphatic heterocycles. The highest BCUT2D eigenvalue weighted by Gasteiger charge is 2.34. The molecule has 6 heteroatoms. The molecule has 1 aromatic rings. The van der Waals surface area contributed by atoms with Crippen LogP contribution in [-0.4, -0.2) is 17.7 Å². The molecule has 1 atom stereocenters. The van der Waals surface area contributed by atoms with Gasteiger partial charge in [-0.1, -0.05) is 6.07 Å². The van der Waals surface area contributed by atoms with Gasteiger partial charge >= 0.3 is 12.1 Å². The van der Waals surface area contributed by atoms with Crippen molar-refractivity contribution in [2.45, 2.75) is 18.5 Å². The number of ether oxygens (including phenoxy) is 1. The summed E-state index contributed by atoms with van der Waals surface area (Å²) in [7, 11) is 0. The van der Waals surface area contributed by atoms with Crippen LogP contribution in [0, 0.1) is 0 Å². The average molecular weight is 246 g/mol. The molecule has 0 spiro atoms. The Balaban J connectivity index is 2.29. The van der Waals surface area contributed by atoms with Crippen molar-refractivity contribution in [3.8, 4) is 5.75 Å². The molecule has 1 aliphatic rings. The van der Waals surface area contributed by atoms with Crippen molar-refractivity contribution in [3.63, 3.8) is 0 Å². The number of fused-ring (bicyclic) bond motifs is 1. The van der Waals surface area contributed by atoms with E-state index in [0.717, 1.165) is 12.1 Å². The second kappa shape index (κ2) is 3.94. The summed E-state index contributed by atoms with van der Waals surface area (Å²) in [6.45, 7) is 0.114. The summed E-state index contributed by atoms with van der Waals surface area (Å²) in [6, 6.07) is 3.15. The Labute approximate surface area is 94.8 Å². The highest BCUT2D eigenvalue weighted by atomic mass is 19.4. The molecular formula is C11H9F3O3. The van der Waals surface area contributed by atoms with E-state index < -0.39 is 17.7 Å². The number of hydrogen-bond donors (Lipinski definition) is 1. The van der Waals surface area contributed by atoms with Gasteiger partial charge in [0, 0.05) is 11.5 Å². The normalized spacial score (nSPS) is 18.6. The summed E-state index contributed by atoms with van der Waals surface area (Å²) in [5.74, 6) is -1.23. The minimum atomic E-state index is -4.41. The monoisotopic (exact) mass is 246 g/mol. The average Bonchev–Trinajstić information content (AvgIpc) is 2.59. The van der Waals surface area contributed by atoms with E-state index in [9.17, 15) is 18.0 Å². The first kappa shape index (κ1) is 11.8. The number of rotatable bonds is 2. The lowest BCUT2D eigenvalue weighted by atomic mass is 9.97. The molecule has 1 unspecified atom stereocenters. The number of hydrogen-bond acceptors (Lipinski definition) is 2. The van der Waals surface area contributed by atoms with Crippen LogP contribution in [0.4, 0.5) is 13.2 Å². The number of benzene rings is 1. The van der Waals surface area contributed by atoms with Gasteiger partial charge in [0.15, 0.2) is 0 Å². The van der Waals surface area contributed by atoms with Crippen molar-refractivity contribution in [2.24, 2.45) is 0 Å². The van der Waals surface area contributed by atoms with E-state index in [1.54, 1.807) is 0 Å². The van der Waals surface area contributed by atoms with Gasteiger partial charge in [0.2, 0.25) is 0 Å². The lowest BCUT2D eigenvalue weighted by molar-refractivity contribution is -0.138. The van der Waals surface area contributed by atoms with Crippen LogP contribution in [0.5, 0.6) is 5.75 Å². The highest BCUT2D eigenvalue weighted by molar-refractivity contribution is 5.68. The third-order valence-electron chi connectivity index (χ3n) is 2.64. The van der Waals surface area contributed by atoms with Gasteiger partial charge in [-0.2, -0.15) is 13.2 Å². The number of halogens is 3. The van der Waals surface area contributed by atoms with Gasteiger partial charge in [0.05, 0.1) is 18.6 Å². The number of carbonyl (C=O) groups is 1. The molecule has 0 aromatic heterocycles. The van der Waals surface area contributed by atoms with Crippen LogP contribution in [0.1, 0.15) is 23.5 Å². The van der Waals surface area contributed by atoms with Gasteiger partial charge in [-0.3, -0.25) is 4.79 Å². The van der Waals surface area contributed by atoms with Gasteiger partial charge in [-0.25, -0.2) is 0 Å².